The van der Waals surface area contributed by atoms with Crippen LogP contribution in [-0.4, -0.2) is 59.5 Å². The van der Waals surface area contributed by atoms with Gasteiger partial charge in [0.25, 0.3) is 5.91 Å². The standard InChI is InChI=1S/C18H20N4O3/c1-20(2)10-8-15(23)17-16(24)9-11-22(19-17)14-7-5-6-13(12-14)18(25)21(3)4/h5-12H,1-4H3/b10-8+. The molecular formula is C18H20N4O3. The van der Waals surface area contributed by atoms with Gasteiger partial charge in [0.2, 0.25) is 11.2 Å². The Labute approximate surface area is 145 Å². The third-order valence-corrected chi connectivity index (χ3v) is 3.33. The molecular weight excluding hydrogens is 320 g/mol. The van der Waals surface area contributed by atoms with Gasteiger partial charge < -0.3 is 9.80 Å². The van der Waals surface area contributed by atoms with Crippen LogP contribution in [0, 0.1) is 0 Å². The van der Waals surface area contributed by atoms with Crippen LogP contribution in [-0.2, 0) is 0 Å². The summed E-state index contributed by atoms with van der Waals surface area (Å²) in [5.74, 6) is -0.623. The van der Waals surface area contributed by atoms with Crippen LogP contribution in [0.25, 0.3) is 5.69 Å². The van der Waals surface area contributed by atoms with E-state index in [1.165, 1.54) is 27.9 Å². The number of rotatable bonds is 5. The molecule has 0 radical (unpaired) electrons. The molecule has 7 nitrogen and oxygen atoms in total. The summed E-state index contributed by atoms with van der Waals surface area (Å²) in [6.07, 6.45) is 4.31. The van der Waals surface area contributed by atoms with E-state index >= 15 is 0 Å². The number of amides is 1. The van der Waals surface area contributed by atoms with Crippen molar-refractivity contribution in [3.8, 4) is 5.69 Å². The summed E-state index contributed by atoms with van der Waals surface area (Å²) in [6, 6.07) is 8.10. The summed E-state index contributed by atoms with van der Waals surface area (Å²) in [5.41, 5.74) is 0.442. The highest BCUT2D eigenvalue weighted by Gasteiger charge is 2.12. The van der Waals surface area contributed by atoms with Crippen molar-refractivity contribution in [3.05, 3.63) is 70.3 Å². The Balaban J connectivity index is 2.43. The number of carbonyl (C=O) groups excluding carboxylic acids is 2. The average molecular weight is 340 g/mol. The minimum Gasteiger partial charge on any atom is -0.383 e. The van der Waals surface area contributed by atoms with Crippen LogP contribution in [0.15, 0.2) is 53.6 Å². The lowest BCUT2D eigenvalue weighted by Crippen LogP contribution is -2.22. The van der Waals surface area contributed by atoms with E-state index in [4.69, 9.17) is 0 Å². The molecule has 0 fully saturated rings. The molecule has 130 valence electrons. The first-order valence-corrected chi connectivity index (χ1v) is 7.60. The summed E-state index contributed by atoms with van der Waals surface area (Å²) < 4.78 is 1.41. The second-order valence-corrected chi connectivity index (χ2v) is 5.87. The fourth-order valence-electron chi connectivity index (χ4n) is 2.06. The summed E-state index contributed by atoms with van der Waals surface area (Å²) >= 11 is 0. The van der Waals surface area contributed by atoms with E-state index in [1.807, 2.05) is 0 Å². The fourth-order valence-corrected chi connectivity index (χ4v) is 2.06. The molecule has 0 aliphatic rings. The molecule has 1 heterocycles. The van der Waals surface area contributed by atoms with E-state index in [2.05, 4.69) is 5.10 Å². The Morgan fingerprint density at radius 3 is 2.48 bits per heavy atom. The van der Waals surface area contributed by atoms with E-state index in [0.29, 0.717) is 11.3 Å². The number of hydrogen-bond acceptors (Lipinski definition) is 5. The highest BCUT2D eigenvalue weighted by Crippen LogP contribution is 2.11. The summed E-state index contributed by atoms with van der Waals surface area (Å²) in [7, 11) is 6.88. The predicted octanol–water partition coefficient (Wildman–Crippen LogP) is 1.19. The van der Waals surface area contributed by atoms with Crippen LogP contribution in [0.1, 0.15) is 20.8 Å². The van der Waals surface area contributed by atoms with Crippen molar-refractivity contribution in [3.63, 3.8) is 0 Å². The molecule has 25 heavy (non-hydrogen) atoms. The third-order valence-electron chi connectivity index (χ3n) is 3.33. The molecule has 2 rings (SSSR count). The highest BCUT2D eigenvalue weighted by atomic mass is 16.2. The van der Waals surface area contributed by atoms with Gasteiger partial charge in [0.15, 0.2) is 5.69 Å². The first-order chi connectivity index (χ1) is 11.8. The minimum atomic E-state index is -0.478. The van der Waals surface area contributed by atoms with Crippen LogP contribution in [0.5, 0.6) is 0 Å². The third kappa shape index (κ3) is 4.41. The molecule has 1 aromatic heterocycles. The number of nitrogens with zero attached hydrogens (tertiary/aromatic N) is 4. The van der Waals surface area contributed by atoms with Gasteiger partial charge in [-0.05, 0) is 18.2 Å². The number of carbonyl (C=O) groups is 2. The smallest absolute Gasteiger partial charge is 0.253 e. The molecule has 0 saturated carbocycles. The molecule has 0 aliphatic carbocycles. The van der Waals surface area contributed by atoms with Gasteiger partial charge in [-0.2, -0.15) is 5.10 Å². The Kier molecular flexibility index (Phi) is 5.49. The molecule has 1 aromatic carbocycles. The molecule has 0 N–H and O–H groups in total. The molecule has 0 unspecified atom stereocenters. The number of aromatic nitrogens is 2. The number of benzene rings is 1. The zero-order chi connectivity index (χ0) is 18.6. The van der Waals surface area contributed by atoms with Crippen molar-refractivity contribution < 1.29 is 9.59 Å². The predicted molar refractivity (Wildman–Crippen MR) is 95.0 cm³/mol. The lowest BCUT2D eigenvalue weighted by Gasteiger charge is -2.12. The Hall–Kier alpha value is -3.22. The normalized spacial score (nSPS) is 10.7. The first kappa shape index (κ1) is 18.1. The molecule has 0 atom stereocenters. The lowest BCUT2D eigenvalue weighted by atomic mass is 10.2. The van der Waals surface area contributed by atoms with Gasteiger partial charge in [-0.1, -0.05) is 6.07 Å². The van der Waals surface area contributed by atoms with Gasteiger partial charge in [-0.15, -0.1) is 0 Å². The Morgan fingerprint density at radius 1 is 1.12 bits per heavy atom. The van der Waals surface area contributed by atoms with Crippen molar-refractivity contribution in [1.29, 1.82) is 0 Å². The van der Waals surface area contributed by atoms with Crippen molar-refractivity contribution >= 4 is 11.7 Å². The van der Waals surface area contributed by atoms with Gasteiger partial charge in [0.1, 0.15) is 0 Å². The van der Waals surface area contributed by atoms with Crippen molar-refractivity contribution in [2.45, 2.75) is 0 Å². The van der Waals surface area contributed by atoms with Crippen LogP contribution in [0.4, 0.5) is 0 Å². The van der Waals surface area contributed by atoms with E-state index in [9.17, 15) is 14.4 Å². The lowest BCUT2D eigenvalue weighted by molar-refractivity contribution is 0.0827. The van der Waals surface area contributed by atoms with Gasteiger partial charge in [0, 0.05) is 58.3 Å². The maximum Gasteiger partial charge on any atom is 0.253 e. The summed E-state index contributed by atoms with van der Waals surface area (Å²) in [4.78, 5) is 39.4. The topological polar surface area (TPSA) is 75.5 Å². The SMILES string of the molecule is CN(C)/C=C/C(=O)c1nn(-c2cccc(C(=O)N(C)C)c2)ccc1=O. The van der Waals surface area contributed by atoms with Gasteiger partial charge in [-0.25, -0.2) is 4.68 Å². The summed E-state index contributed by atoms with van der Waals surface area (Å²) in [5, 5.41) is 4.13. The van der Waals surface area contributed by atoms with Crippen molar-refractivity contribution in [1.82, 2.24) is 19.6 Å². The molecule has 0 saturated heterocycles. The fraction of sp³-hybridized carbons (Fsp3) is 0.222. The van der Waals surface area contributed by atoms with Crippen LogP contribution >= 0.6 is 0 Å². The largest absolute Gasteiger partial charge is 0.383 e. The van der Waals surface area contributed by atoms with Crippen LogP contribution < -0.4 is 5.43 Å². The van der Waals surface area contributed by atoms with E-state index in [1.54, 1.807) is 63.6 Å². The van der Waals surface area contributed by atoms with Crippen molar-refractivity contribution in [2.75, 3.05) is 28.2 Å². The summed E-state index contributed by atoms with van der Waals surface area (Å²) in [6.45, 7) is 0. The van der Waals surface area contributed by atoms with E-state index in [0.717, 1.165) is 0 Å². The molecule has 7 heteroatoms. The second-order valence-electron chi connectivity index (χ2n) is 5.87. The van der Waals surface area contributed by atoms with E-state index < -0.39 is 11.2 Å². The molecule has 2 aromatic rings. The van der Waals surface area contributed by atoms with Crippen molar-refractivity contribution in [2.24, 2.45) is 0 Å². The van der Waals surface area contributed by atoms with Gasteiger partial charge >= 0.3 is 0 Å². The minimum absolute atomic E-state index is 0.145. The van der Waals surface area contributed by atoms with Gasteiger partial charge in [0.05, 0.1) is 5.69 Å². The van der Waals surface area contributed by atoms with Crippen LogP contribution in [0.2, 0.25) is 0 Å². The van der Waals surface area contributed by atoms with Crippen LogP contribution in [0.3, 0.4) is 0 Å². The maximum absolute atomic E-state index is 12.2. The Bertz CT molecular complexity index is 882. The Morgan fingerprint density at radius 2 is 1.84 bits per heavy atom. The second kappa shape index (κ2) is 7.57. The molecule has 0 spiro atoms. The quantitative estimate of drug-likeness (QED) is 0.604. The zero-order valence-corrected chi connectivity index (χ0v) is 14.6. The van der Waals surface area contributed by atoms with E-state index in [-0.39, 0.29) is 11.6 Å². The zero-order valence-electron chi connectivity index (χ0n) is 14.6. The maximum atomic E-state index is 12.2. The van der Waals surface area contributed by atoms with Gasteiger partial charge in [-0.3, -0.25) is 14.4 Å². The number of hydrogen-bond donors (Lipinski definition) is 0. The number of allylic oxidation sites excluding steroid dienone is 1. The first-order valence-electron chi connectivity index (χ1n) is 7.60. The number of ketones is 1. The average Bonchev–Trinajstić information content (AvgIpc) is 2.59. The molecule has 1 amide bonds. The highest BCUT2D eigenvalue weighted by molar-refractivity contribution is 6.02. The molecule has 0 aliphatic heterocycles. The molecule has 0 bridgehead atoms. The monoisotopic (exact) mass is 340 g/mol.